The van der Waals surface area contributed by atoms with E-state index < -0.39 is 23.7 Å². The van der Waals surface area contributed by atoms with E-state index >= 15 is 0 Å². The number of hydrogen-bond donors (Lipinski definition) is 2. The molecule has 1 atom stereocenters. The molecule has 0 radical (unpaired) electrons. The topological polar surface area (TPSA) is 101 Å². The van der Waals surface area contributed by atoms with Gasteiger partial charge >= 0.3 is 0 Å². The number of thiazole rings is 1. The fourth-order valence-corrected chi connectivity index (χ4v) is 2.99. The molecule has 2 aromatic rings. The molecule has 1 unspecified atom stereocenters. The normalized spacial score (nSPS) is 16.8. The lowest BCUT2D eigenvalue weighted by molar-refractivity contribution is -0.119. The third kappa shape index (κ3) is 3.11. The number of nitrogens with zero attached hydrogens (tertiary/aromatic N) is 3. The van der Waals surface area contributed by atoms with Crippen LogP contribution < -0.4 is 16.1 Å². The Morgan fingerprint density at radius 2 is 2.08 bits per heavy atom. The summed E-state index contributed by atoms with van der Waals surface area (Å²) in [4.78, 5) is 28.1. The van der Waals surface area contributed by atoms with E-state index in [1.165, 1.54) is 40.6 Å². The van der Waals surface area contributed by atoms with Crippen LogP contribution in [0.25, 0.3) is 0 Å². The van der Waals surface area contributed by atoms with Gasteiger partial charge in [0.05, 0.1) is 16.9 Å². The number of benzene rings is 1. The minimum absolute atomic E-state index is 0.0798. The van der Waals surface area contributed by atoms with Gasteiger partial charge in [-0.1, -0.05) is 0 Å². The summed E-state index contributed by atoms with van der Waals surface area (Å²) >= 11 is 1.30. The summed E-state index contributed by atoms with van der Waals surface area (Å²) in [6.45, 7) is 1.78. The molecule has 1 aliphatic rings. The summed E-state index contributed by atoms with van der Waals surface area (Å²) in [6.07, 6.45) is 0.0798. The van der Waals surface area contributed by atoms with E-state index in [1.807, 2.05) is 0 Å². The van der Waals surface area contributed by atoms with Crippen LogP contribution in [0.2, 0.25) is 0 Å². The fraction of sp³-hybridized carbons (Fsp3) is 0.200. The van der Waals surface area contributed by atoms with E-state index in [2.05, 4.69) is 15.4 Å². The second kappa shape index (κ2) is 6.36. The largest absolute Gasteiger partial charge is 0.368 e. The van der Waals surface area contributed by atoms with Crippen LogP contribution in [0.1, 0.15) is 12.1 Å². The first-order valence-corrected chi connectivity index (χ1v) is 7.96. The zero-order valence-electron chi connectivity index (χ0n) is 12.7. The SMILES string of the molecule is Cc1ncsc1NC(=O)C1=NN(c2ccc(F)cc2)C(C(N)=O)C1. The van der Waals surface area contributed by atoms with Gasteiger partial charge in [-0.15, -0.1) is 11.3 Å². The molecule has 7 nitrogen and oxygen atoms in total. The van der Waals surface area contributed by atoms with Gasteiger partial charge in [-0.2, -0.15) is 5.10 Å². The summed E-state index contributed by atoms with van der Waals surface area (Å²) in [5.41, 5.74) is 8.40. The Hall–Kier alpha value is -2.81. The molecule has 0 fully saturated rings. The molecule has 9 heteroatoms. The van der Waals surface area contributed by atoms with Crippen molar-refractivity contribution in [3.05, 3.63) is 41.3 Å². The lowest BCUT2D eigenvalue weighted by Gasteiger charge is -2.20. The van der Waals surface area contributed by atoms with Gasteiger partial charge in [0.15, 0.2) is 0 Å². The van der Waals surface area contributed by atoms with Gasteiger partial charge in [-0.25, -0.2) is 9.37 Å². The van der Waals surface area contributed by atoms with Crippen molar-refractivity contribution in [1.29, 1.82) is 0 Å². The van der Waals surface area contributed by atoms with Crippen molar-refractivity contribution < 1.29 is 14.0 Å². The quantitative estimate of drug-likeness (QED) is 0.878. The van der Waals surface area contributed by atoms with Gasteiger partial charge in [-0.05, 0) is 31.2 Å². The molecule has 2 heterocycles. The van der Waals surface area contributed by atoms with Crippen LogP contribution >= 0.6 is 11.3 Å². The highest BCUT2D eigenvalue weighted by Gasteiger charge is 2.35. The number of carbonyl (C=O) groups excluding carboxylic acids is 2. The van der Waals surface area contributed by atoms with Gasteiger partial charge in [0.1, 0.15) is 22.6 Å². The highest BCUT2D eigenvalue weighted by atomic mass is 32.1. The van der Waals surface area contributed by atoms with Crippen LogP contribution in [0.4, 0.5) is 15.1 Å². The van der Waals surface area contributed by atoms with Crippen molar-refractivity contribution in [3.63, 3.8) is 0 Å². The van der Waals surface area contributed by atoms with Crippen LogP contribution in [0.5, 0.6) is 0 Å². The second-order valence-corrected chi connectivity index (χ2v) is 6.07. The van der Waals surface area contributed by atoms with E-state index in [1.54, 1.807) is 12.4 Å². The molecule has 3 rings (SSSR count). The summed E-state index contributed by atoms with van der Waals surface area (Å²) in [5.74, 6) is -1.44. The van der Waals surface area contributed by atoms with Crippen molar-refractivity contribution in [2.75, 3.05) is 10.3 Å². The summed E-state index contributed by atoms with van der Waals surface area (Å²) in [7, 11) is 0. The predicted molar refractivity (Wildman–Crippen MR) is 89.4 cm³/mol. The van der Waals surface area contributed by atoms with Gasteiger partial charge in [0, 0.05) is 6.42 Å². The Morgan fingerprint density at radius 1 is 1.38 bits per heavy atom. The number of hydrogen-bond acceptors (Lipinski definition) is 6. The van der Waals surface area contributed by atoms with E-state index in [-0.39, 0.29) is 12.1 Å². The summed E-state index contributed by atoms with van der Waals surface area (Å²) in [6, 6.07) is 4.66. The first kappa shape index (κ1) is 16.1. The van der Waals surface area contributed by atoms with Crippen molar-refractivity contribution in [2.24, 2.45) is 10.8 Å². The fourth-order valence-electron chi connectivity index (χ4n) is 2.30. The van der Waals surface area contributed by atoms with E-state index in [9.17, 15) is 14.0 Å². The number of anilines is 2. The highest BCUT2D eigenvalue weighted by molar-refractivity contribution is 7.14. The molecule has 1 aromatic carbocycles. The van der Waals surface area contributed by atoms with Crippen molar-refractivity contribution in [2.45, 2.75) is 19.4 Å². The van der Waals surface area contributed by atoms with Crippen LogP contribution in [0, 0.1) is 12.7 Å². The van der Waals surface area contributed by atoms with Crippen LogP contribution in [0.3, 0.4) is 0 Å². The molecule has 2 amide bonds. The van der Waals surface area contributed by atoms with E-state index in [0.717, 1.165) is 0 Å². The third-order valence-electron chi connectivity index (χ3n) is 3.56. The third-order valence-corrected chi connectivity index (χ3v) is 4.41. The Morgan fingerprint density at radius 3 is 2.67 bits per heavy atom. The van der Waals surface area contributed by atoms with Gasteiger partial charge in [-0.3, -0.25) is 14.6 Å². The summed E-state index contributed by atoms with van der Waals surface area (Å²) < 4.78 is 13.1. The molecule has 0 aliphatic carbocycles. The predicted octanol–water partition coefficient (Wildman–Crippen LogP) is 1.65. The molecule has 0 saturated carbocycles. The van der Waals surface area contributed by atoms with Crippen LogP contribution in [-0.2, 0) is 9.59 Å². The number of hydrazone groups is 1. The Labute approximate surface area is 141 Å². The molecule has 0 bridgehead atoms. The number of aryl methyl sites for hydroxylation is 1. The zero-order valence-corrected chi connectivity index (χ0v) is 13.5. The van der Waals surface area contributed by atoms with Gasteiger partial charge < -0.3 is 11.1 Å². The molecule has 124 valence electrons. The number of rotatable bonds is 4. The van der Waals surface area contributed by atoms with E-state index in [0.29, 0.717) is 16.4 Å². The monoisotopic (exact) mass is 347 g/mol. The maximum Gasteiger partial charge on any atom is 0.272 e. The van der Waals surface area contributed by atoms with Crippen molar-refractivity contribution in [3.8, 4) is 0 Å². The smallest absolute Gasteiger partial charge is 0.272 e. The maximum atomic E-state index is 13.1. The molecular weight excluding hydrogens is 333 g/mol. The van der Waals surface area contributed by atoms with Crippen molar-refractivity contribution >= 4 is 39.6 Å². The molecule has 3 N–H and O–H groups in total. The first-order chi connectivity index (χ1) is 11.5. The Kier molecular flexibility index (Phi) is 4.26. The summed E-state index contributed by atoms with van der Waals surface area (Å²) in [5, 5.41) is 8.89. The first-order valence-electron chi connectivity index (χ1n) is 7.08. The number of nitrogens with one attached hydrogen (secondary N) is 1. The lowest BCUT2D eigenvalue weighted by Crippen LogP contribution is -2.39. The number of halogens is 1. The highest BCUT2D eigenvalue weighted by Crippen LogP contribution is 2.26. The average Bonchev–Trinajstić information content (AvgIpc) is 3.15. The minimum Gasteiger partial charge on any atom is -0.368 e. The zero-order chi connectivity index (χ0) is 17.3. The van der Waals surface area contributed by atoms with Gasteiger partial charge in [0.2, 0.25) is 5.91 Å². The minimum atomic E-state index is -0.793. The average molecular weight is 347 g/mol. The lowest BCUT2D eigenvalue weighted by atomic mass is 10.1. The maximum absolute atomic E-state index is 13.1. The number of carbonyl (C=O) groups is 2. The number of primary amides is 1. The number of amides is 2. The Bertz CT molecular complexity index is 818. The van der Waals surface area contributed by atoms with E-state index in [4.69, 9.17) is 5.73 Å². The van der Waals surface area contributed by atoms with Crippen LogP contribution in [0.15, 0.2) is 34.9 Å². The molecule has 0 saturated heterocycles. The standard InChI is InChI=1S/C15H14FN5O2S/c1-8-15(24-7-18-8)19-14(23)11-6-12(13(17)22)21(20-11)10-4-2-9(16)3-5-10/h2-5,7,12H,6H2,1H3,(H2,17,22)(H,19,23). The molecule has 1 aromatic heterocycles. The second-order valence-electron chi connectivity index (χ2n) is 5.21. The molecule has 1 aliphatic heterocycles. The van der Waals surface area contributed by atoms with Gasteiger partial charge in [0.25, 0.3) is 5.91 Å². The molecule has 0 spiro atoms. The molecular formula is C15H14FN5O2S. The Balaban J connectivity index is 1.85. The van der Waals surface area contributed by atoms with Crippen molar-refractivity contribution in [1.82, 2.24) is 4.98 Å². The molecule has 24 heavy (non-hydrogen) atoms. The van der Waals surface area contributed by atoms with Crippen LogP contribution in [-0.4, -0.2) is 28.6 Å². The number of nitrogens with two attached hydrogens (primary N) is 1. The number of aromatic nitrogens is 1.